The second-order valence-electron chi connectivity index (χ2n) is 2.14. The first-order valence-corrected chi connectivity index (χ1v) is 4.02. The summed E-state index contributed by atoms with van der Waals surface area (Å²) < 4.78 is 0. The summed E-state index contributed by atoms with van der Waals surface area (Å²) in [5.74, 6) is 0. The highest BCUT2D eigenvalue weighted by molar-refractivity contribution is 7.14. The van der Waals surface area contributed by atoms with Gasteiger partial charge in [0.25, 0.3) is 0 Å². The SMILES string of the molecule is NCC(N)c1ncc([N+](=O)[O-])s1. The summed E-state index contributed by atoms with van der Waals surface area (Å²) in [5, 5.41) is 10.7. The van der Waals surface area contributed by atoms with Gasteiger partial charge >= 0.3 is 5.00 Å². The van der Waals surface area contributed by atoms with Crippen molar-refractivity contribution in [3.63, 3.8) is 0 Å². The second-order valence-corrected chi connectivity index (χ2v) is 3.18. The van der Waals surface area contributed by atoms with Crippen LogP contribution in [0.2, 0.25) is 0 Å². The molecule has 7 heteroatoms. The summed E-state index contributed by atoms with van der Waals surface area (Å²) in [6, 6.07) is -0.399. The number of aromatic nitrogens is 1. The van der Waals surface area contributed by atoms with Gasteiger partial charge in [-0.05, 0) is 11.3 Å². The van der Waals surface area contributed by atoms with Gasteiger partial charge in [0.1, 0.15) is 11.2 Å². The molecule has 0 saturated carbocycles. The minimum Gasteiger partial charge on any atom is -0.329 e. The minimum atomic E-state index is -0.496. The Kier molecular flexibility index (Phi) is 2.69. The van der Waals surface area contributed by atoms with Crippen LogP contribution >= 0.6 is 11.3 Å². The number of thiazole rings is 1. The first-order chi connectivity index (χ1) is 5.65. The van der Waals surface area contributed by atoms with Crippen LogP contribution in [0.5, 0.6) is 0 Å². The lowest BCUT2D eigenvalue weighted by molar-refractivity contribution is -0.380. The Balaban J connectivity index is 2.84. The number of nitrogens with zero attached hydrogens (tertiary/aromatic N) is 2. The molecule has 1 heterocycles. The topological polar surface area (TPSA) is 108 Å². The zero-order valence-corrected chi connectivity index (χ0v) is 6.95. The quantitative estimate of drug-likeness (QED) is 0.513. The Labute approximate surface area is 72.4 Å². The molecular weight excluding hydrogens is 180 g/mol. The second kappa shape index (κ2) is 3.57. The largest absolute Gasteiger partial charge is 0.344 e. The van der Waals surface area contributed by atoms with Crippen molar-refractivity contribution in [1.29, 1.82) is 0 Å². The van der Waals surface area contributed by atoms with Crippen LogP contribution in [0.4, 0.5) is 5.00 Å². The van der Waals surface area contributed by atoms with Crippen molar-refractivity contribution >= 4 is 16.3 Å². The van der Waals surface area contributed by atoms with Gasteiger partial charge < -0.3 is 11.5 Å². The van der Waals surface area contributed by atoms with Crippen molar-refractivity contribution in [2.75, 3.05) is 6.54 Å². The Morgan fingerprint density at radius 1 is 1.83 bits per heavy atom. The van der Waals surface area contributed by atoms with Gasteiger partial charge in [0, 0.05) is 6.54 Å². The molecule has 0 fully saturated rings. The summed E-state index contributed by atoms with van der Waals surface area (Å²) in [6.45, 7) is 0.241. The van der Waals surface area contributed by atoms with Crippen LogP contribution in [-0.2, 0) is 0 Å². The smallest absolute Gasteiger partial charge is 0.329 e. The molecule has 0 amide bonds. The Bertz CT molecular complexity index is 287. The van der Waals surface area contributed by atoms with Crippen LogP contribution in [-0.4, -0.2) is 16.5 Å². The third-order valence-corrected chi connectivity index (χ3v) is 2.34. The lowest BCUT2D eigenvalue weighted by Gasteiger charge is -2.00. The number of hydrogen-bond donors (Lipinski definition) is 2. The van der Waals surface area contributed by atoms with E-state index in [0.717, 1.165) is 11.3 Å². The molecule has 0 bridgehead atoms. The van der Waals surface area contributed by atoms with E-state index in [2.05, 4.69) is 4.98 Å². The zero-order valence-electron chi connectivity index (χ0n) is 6.14. The zero-order chi connectivity index (χ0) is 9.14. The Morgan fingerprint density at radius 2 is 2.50 bits per heavy atom. The first kappa shape index (κ1) is 9.04. The van der Waals surface area contributed by atoms with Crippen LogP contribution in [0.3, 0.4) is 0 Å². The van der Waals surface area contributed by atoms with E-state index < -0.39 is 11.0 Å². The lowest BCUT2D eigenvalue weighted by Crippen LogP contribution is -2.20. The molecule has 66 valence electrons. The Morgan fingerprint density at radius 3 is 2.92 bits per heavy atom. The maximum absolute atomic E-state index is 10.2. The van der Waals surface area contributed by atoms with Gasteiger partial charge in [-0.15, -0.1) is 0 Å². The van der Waals surface area contributed by atoms with Gasteiger partial charge in [0.05, 0.1) is 11.0 Å². The first-order valence-electron chi connectivity index (χ1n) is 3.21. The lowest BCUT2D eigenvalue weighted by atomic mass is 10.3. The number of nitro groups is 1. The normalized spacial score (nSPS) is 12.8. The van der Waals surface area contributed by atoms with Crippen molar-refractivity contribution in [2.24, 2.45) is 11.5 Å². The van der Waals surface area contributed by atoms with Gasteiger partial charge in [0.15, 0.2) is 0 Å². The molecule has 1 aromatic heterocycles. The molecule has 6 nitrogen and oxygen atoms in total. The Hall–Kier alpha value is -1.05. The van der Waals surface area contributed by atoms with Crippen LogP contribution < -0.4 is 11.5 Å². The summed E-state index contributed by atoms with van der Waals surface area (Å²) in [4.78, 5) is 13.5. The predicted octanol–water partition coefficient (Wildman–Crippen LogP) is 0.00980. The highest BCUT2D eigenvalue weighted by Crippen LogP contribution is 2.23. The maximum atomic E-state index is 10.2. The molecular formula is C5H8N4O2S. The fraction of sp³-hybridized carbons (Fsp3) is 0.400. The van der Waals surface area contributed by atoms with Crippen molar-refractivity contribution in [3.8, 4) is 0 Å². The van der Waals surface area contributed by atoms with Gasteiger partial charge in [-0.25, -0.2) is 4.98 Å². The molecule has 0 spiro atoms. The highest BCUT2D eigenvalue weighted by atomic mass is 32.1. The molecule has 4 N–H and O–H groups in total. The van der Waals surface area contributed by atoms with E-state index in [1.165, 1.54) is 6.20 Å². The molecule has 1 unspecified atom stereocenters. The van der Waals surface area contributed by atoms with E-state index in [-0.39, 0.29) is 11.5 Å². The van der Waals surface area contributed by atoms with Gasteiger partial charge in [-0.2, -0.15) is 0 Å². The van der Waals surface area contributed by atoms with E-state index in [1.807, 2.05) is 0 Å². The van der Waals surface area contributed by atoms with Crippen molar-refractivity contribution in [1.82, 2.24) is 4.98 Å². The summed E-state index contributed by atoms with van der Waals surface area (Å²) >= 11 is 0.958. The van der Waals surface area contributed by atoms with E-state index in [1.54, 1.807) is 0 Å². The maximum Gasteiger partial charge on any atom is 0.344 e. The van der Waals surface area contributed by atoms with Crippen molar-refractivity contribution < 1.29 is 4.92 Å². The molecule has 0 aromatic carbocycles. The molecule has 0 saturated heterocycles. The van der Waals surface area contributed by atoms with E-state index in [0.29, 0.717) is 5.01 Å². The van der Waals surface area contributed by atoms with Crippen molar-refractivity contribution in [2.45, 2.75) is 6.04 Å². The fourth-order valence-corrected chi connectivity index (χ4v) is 1.38. The molecule has 1 aromatic rings. The summed E-state index contributed by atoms with van der Waals surface area (Å²) in [7, 11) is 0. The molecule has 0 aliphatic rings. The minimum absolute atomic E-state index is 0.00565. The van der Waals surface area contributed by atoms with E-state index in [4.69, 9.17) is 11.5 Å². The molecule has 0 radical (unpaired) electrons. The number of rotatable bonds is 3. The van der Waals surface area contributed by atoms with Gasteiger partial charge in [0.2, 0.25) is 0 Å². The number of nitrogens with two attached hydrogens (primary N) is 2. The molecule has 1 atom stereocenters. The molecule has 0 aliphatic heterocycles. The summed E-state index contributed by atoms with van der Waals surface area (Å²) in [6.07, 6.45) is 1.19. The van der Waals surface area contributed by atoms with Crippen molar-refractivity contribution in [3.05, 3.63) is 21.3 Å². The third-order valence-electron chi connectivity index (χ3n) is 1.26. The van der Waals surface area contributed by atoms with E-state index >= 15 is 0 Å². The fourth-order valence-electron chi connectivity index (χ4n) is 0.635. The molecule has 1 rings (SSSR count). The average molecular weight is 188 g/mol. The van der Waals surface area contributed by atoms with Crippen LogP contribution in [0.1, 0.15) is 11.0 Å². The highest BCUT2D eigenvalue weighted by Gasteiger charge is 2.15. The predicted molar refractivity (Wildman–Crippen MR) is 44.8 cm³/mol. The monoisotopic (exact) mass is 188 g/mol. The van der Waals surface area contributed by atoms with Gasteiger partial charge in [-0.3, -0.25) is 10.1 Å². The average Bonchev–Trinajstić information content (AvgIpc) is 2.51. The molecule has 0 aliphatic carbocycles. The van der Waals surface area contributed by atoms with Gasteiger partial charge in [-0.1, -0.05) is 0 Å². The summed E-state index contributed by atoms with van der Waals surface area (Å²) in [5.41, 5.74) is 10.8. The van der Waals surface area contributed by atoms with E-state index in [9.17, 15) is 10.1 Å². The van der Waals surface area contributed by atoms with Crippen LogP contribution in [0, 0.1) is 10.1 Å². The van der Waals surface area contributed by atoms with Crippen LogP contribution in [0.15, 0.2) is 6.20 Å². The standard InChI is InChI=1S/C5H8N4O2S/c6-1-3(7)5-8-2-4(12-5)9(10)11/h2-3H,1,6-7H2. The third kappa shape index (κ3) is 1.76. The molecule has 12 heavy (non-hydrogen) atoms. The number of hydrogen-bond acceptors (Lipinski definition) is 6. The van der Waals surface area contributed by atoms with Crippen LogP contribution in [0.25, 0.3) is 0 Å².